The van der Waals surface area contributed by atoms with Gasteiger partial charge >= 0.3 is 6.18 Å². The second-order valence-corrected chi connectivity index (χ2v) is 22.7. The smallest absolute Gasteiger partial charge is 0.422 e. The fraction of sp³-hybridized carbons (Fsp3) is 0.500. The number of alkyl halides is 3. The second kappa shape index (κ2) is 19.1. The highest BCUT2D eigenvalue weighted by Gasteiger charge is 2.50. The summed E-state index contributed by atoms with van der Waals surface area (Å²) in [4.78, 5) is 37.3. The Labute approximate surface area is 415 Å². The molecule has 384 valence electrons. The number of amides is 1. The number of nitrogens with zero attached hydrogens (tertiary/aromatic N) is 4. The summed E-state index contributed by atoms with van der Waals surface area (Å²) in [6.45, 7) is 7.11. The number of pyridine rings is 1. The van der Waals surface area contributed by atoms with Gasteiger partial charge in [0.15, 0.2) is 23.8 Å². The Hall–Kier alpha value is -6.12. The number of hydrogen-bond acceptors (Lipinski definition) is 13. The summed E-state index contributed by atoms with van der Waals surface area (Å²) >= 11 is 0. The van der Waals surface area contributed by atoms with Crippen LogP contribution in [0, 0.1) is 21.4 Å². The first-order valence-electron chi connectivity index (χ1n) is 24.8. The van der Waals surface area contributed by atoms with Crippen molar-refractivity contribution in [2.75, 3.05) is 43.1 Å². The number of carbonyl (C=O) groups excluding carboxylic acids is 1. The van der Waals surface area contributed by atoms with Crippen LogP contribution in [0.2, 0.25) is 0 Å². The lowest BCUT2D eigenvalue weighted by Gasteiger charge is -2.56. The molecule has 3 aromatic carbocycles. The standard InChI is InChI=1S/C52H60F3N7O9S/c1-31(2)37-7-4-5-8-38(37)41-9-6-20-61(41)35-27-51(28-35)17-21-60(22-18-51)34-10-11-39(43(24-34)71-45-23-33-14-19-56-47(33)58-49(45)70-30-52(53,54)55)48(63)59-72(67,68)36-25-42(62(65)66)46-44(26-36)69-29-40(57-46)32-12-15-50(3,64)16-13-32/h4-5,7-8,10-11,14,19,23-26,31-32,35,40-41,57,64H,6,9,12-13,15-18,20-22,27-30H2,1-3H3,(H,56,58)(H,59,63)/t32?,40-,41+,50?/m1/s1. The van der Waals surface area contributed by atoms with Gasteiger partial charge in [-0.3, -0.25) is 19.8 Å². The lowest BCUT2D eigenvalue weighted by molar-refractivity contribution is -0.384. The van der Waals surface area contributed by atoms with Gasteiger partial charge in [-0.2, -0.15) is 18.2 Å². The van der Waals surface area contributed by atoms with E-state index < -0.39 is 55.7 Å². The Morgan fingerprint density at radius 3 is 2.49 bits per heavy atom. The van der Waals surface area contributed by atoms with Crippen LogP contribution in [0.3, 0.4) is 0 Å². The molecule has 3 aliphatic heterocycles. The highest BCUT2D eigenvalue weighted by molar-refractivity contribution is 7.90. The van der Waals surface area contributed by atoms with Gasteiger partial charge < -0.3 is 34.5 Å². The number of benzene rings is 3. The van der Waals surface area contributed by atoms with E-state index in [1.165, 1.54) is 35.9 Å². The number of H-pyrrole nitrogens is 1. The monoisotopic (exact) mass is 1020 g/mol. The van der Waals surface area contributed by atoms with Crippen molar-refractivity contribution in [2.45, 2.75) is 126 Å². The van der Waals surface area contributed by atoms with E-state index in [-0.39, 0.29) is 58.1 Å². The summed E-state index contributed by atoms with van der Waals surface area (Å²) in [5.74, 6) is -1.75. The van der Waals surface area contributed by atoms with E-state index in [0.717, 1.165) is 50.8 Å². The number of aromatic nitrogens is 2. The van der Waals surface area contributed by atoms with Crippen LogP contribution in [-0.4, -0.2) is 95.9 Å². The topological polar surface area (TPSA) is 201 Å². The van der Waals surface area contributed by atoms with Crippen LogP contribution in [0.25, 0.3) is 11.0 Å². The molecule has 2 saturated heterocycles. The number of likely N-dealkylation sites (tertiary alicyclic amines) is 1. The van der Waals surface area contributed by atoms with Crippen LogP contribution >= 0.6 is 0 Å². The summed E-state index contributed by atoms with van der Waals surface area (Å²) in [5.41, 5.74) is 2.22. The Kier molecular flexibility index (Phi) is 13.1. The van der Waals surface area contributed by atoms with E-state index in [1.807, 2.05) is 4.72 Å². The van der Waals surface area contributed by atoms with Gasteiger partial charge in [0.1, 0.15) is 18.0 Å². The first-order chi connectivity index (χ1) is 34.2. The zero-order valence-electron chi connectivity index (χ0n) is 40.5. The average Bonchev–Trinajstić information content (AvgIpc) is 4.01. The van der Waals surface area contributed by atoms with E-state index >= 15 is 0 Å². The third-order valence-corrected chi connectivity index (χ3v) is 17.1. The molecular formula is C52H60F3N7O9S. The normalized spacial score (nSPS) is 23.6. The highest BCUT2D eigenvalue weighted by Crippen LogP contribution is 2.54. The minimum absolute atomic E-state index is 0.00549. The molecule has 5 aromatic rings. The predicted molar refractivity (Wildman–Crippen MR) is 264 cm³/mol. The number of anilines is 2. The van der Waals surface area contributed by atoms with Gasteiger partial charge in [0.2, 0.25) is 0 Å². The predicted octanol–water partition coefficient (Wildman–Crippen LogP) is 10.1. The minimum Gasteiger partial charge on any atom is -0.489 e. The third kappa shape index (κ3) is 10.1. The molecule has 16 nitrogen and oxygen atoms in total. The van der Waals surface area contributed by atoms with Crippen LogP contribution in [0.15, 0.2) is 77.8 Å². The number of rotatable bonds is 13. The Morgan fingerprint density at radius 1 is 1.01 bits per heavy atom. The molecule has 0 bridgehead atoms. The molecule has 72 heavy (non-hydrogen) atoms. The van der Waals surface area contributed by atoms with E-state index in [4.69, 9.17) is 14.2 Å². The van der Waals surface area contributed by atoms with Crippen LogP contribution in [0.5, 0.6) is 23.1 Å². The number of halogens is 3. The largest absolute Gasteiger partial charge is 0.489 e. The summed E-state index contributed by atoms with van der Waals surface area (Å²) in [5, 5.41) is 26.6. The quantitative estimate of drug-likeness (QED) is 0.0642. The van der Waals surface area contributed by atoms with Crippen LogP contribution < -0.4 is 29.1 Å². The number of fused-ring (bicyclic) bond motifs is 2. The third-order valence-electron chi connectivity index (χ3n) is 15.7. The van der Waals surface area contributed by atoms with E-state index in [0.29, 0.717) is 67.8 Å². The van der Waals surface area contributed by atoms with Crippen molar-refractivity contribution >= 4 is 44.0 Å². The number of carbonyl (C=O) groups is 1. The van der Waals surface area contributed by atoms with Gasteiger partial charge in [-0.05, 0) is 130 Å². The fourth-order valence-corrected chi connectivity index (χ4v) is 12.8. The molecule has 2 atom stereocenters. The van der Waals surface area contributed by atoms with Crippen LogP contribution in [0.1, 0.15) is 118 Å². The molecule has 0 radical (unpaired) electrons. The summed E-state index contributed by atoms with van der Waals surface area (Å²) in [7, 11) is -4.84. The van der Waals surface area contributed by atoms with Crippen molar-refractivity contribution in [3.63, 3.8) is 0 Å². The summed E-state index contributed by atoms with van der Waals surface area (Å²) < 4.78 is 88.0. The molecular weight excluding hydrogens is 956 g/mol. The Morgan fingerprint density at radius 2 is 1.76 bits per heavy atom. The molecule has 0 unspecified atom stereocenters. The lowest BCUT2D eigenvalue weighted by atomic mass is 9.59. The molecule has 4 fully saturated rings. The van der Waals surface area contributed by atoms with E-state index in [9.17, 15) is 41.6 Å². The SMILES string of the molecule is CC(C)c1ccccc1[C@@H]1CCCN1C1CC2(CCN(c3ccc(C(=O)NS(=O)(=O)c4cc5c(c([N+](=O)[O-])c4)N[C@@H](C4CCC(C)(O)CC4)CO5)c(Oc4cc5cc[nH]c5nc4OCC(F)(F)F)c3)CC2)C1. The molecule has 1 amide bonds. The van der Waals surface area contributed by atoms with Gasteiger partial charge in [0.25, 0.3) is 27.5 Å². The number of ether oxygens (including phenoxy) is 3. The molecule has 5 aliphatic rings. The van der Waals surface area contributed by atoms with Crippen molar-refractivity contribution < 1.29 is 50.6 Å². The fourth-order valence-electron chi connectivity index (χ4n) is 11.8. The number of aliphatic hydroxyl groups is 1. The van der Waals surface area contributed by atoms with Gasteiger partial charge in [-0.15, -0.1) is 0 Å². The average molecular weight is 1020 g/mol. The Balaban J connectivity index is 0.897. The van der Waals surface area contributed by atoms with Crippen molar-refractivity contribution in [2.24, 2.45) is 11.3 Å². The van der Waals surface area contributed by atoms with Crippen molar-refractivity contribution in [1.29, 1.82) is 0 Å². The zero-order chi connectivity index (χ0) is 50.7. The number of aromatic amines is 1. The molecule has 2 aliphatic carbocycles. The summed E-state index contributed by atoms with van der Waals surface area (Å²) in [6.07, 6.45) is 5.59. The molecule has 1 spiro atoms. The maximum Gasteiger partial charge on any atom is 0.422 e. The maximum atomic E-state index is 14.3. The van der Waals surface area contributed by atoms with E-state index in [1.54, 1.807) is 25.1 Å². The van der Waals surface area contributed by atoms with Gasteiger partial charge in [0, 0.05) is 60.6 Å². The van der Waals surface area contributed by atoms with E-state index in [2.05, 4.69) is 63.2 Å². The van der Waals surface area contributed by atoms with Crippen molar-refractivity contribution in [3.05, 3.63) is 99.7 Å². The molecule has 20 heteroatoms. The zero-order valence-corrected chi connectivity index (χ0v) is 41.3. The first-order valence-corrected chi connectivity index (χ1v) is 26.3. The first kappa shape index (κ1) is 49.5. The van der Waals surface area contributed by atoms with Gasteiger partial charge in [-0.1, -0.05) is 38.1 Å². The molecule has 5 heterocycles. The highest BCUT2D eigenvalue weighted by atomic mass is 32.2. The van der Waals surface area contributed by atoms with Crippen molar-refractivity contribution in [3.8, 4) is 23.1 Å². The number of hydrogen-bond donors (Lipinski definition) is 4. The van der Waals surface area contributed by atoms with Crippen LogP contribution in [0.4, 0.5) is 30.2 Å². The molecule has 10 rings (SSSR count). The molecule has 4 N–H and O–H groups in total. The lowest BCUT2D eigenvalue weighted by Crippen LogP contribution is -2.54. The molecule has 2 saturated carbocycles. The minimum atomic E-state index is -4.84. The Bertz CT molecular complexity index is 2980. The van der Waals surface area contributed by atoms with Gasteiger partial charge in [-0.25, -0.2) is 13.1 Å². The van der Waals surface area contributed by atoms with Crippen molar-refractivity contribution in [1.82, 2.24) is 19.6 Å². The maximum absolute atomic E-state index is 14.3. The molecule has 2 aromatic heterocycles. The number of nitro groups is 1. The number of nitrogens with one attached hydrogen (secondary N) is 3. The van der Waals surface area contributed by atoms with Crippen LogP contribution in [-0.2, 0) is 10.0 Å². The summed E-state index contributed by atoms with van der Waals surface area (Å²) in [6, 6.07) is 19.0. The van der Waals surface area contributed by atoms with Gasteiger partial charge in [0.05, 0.1) is 27.0 Å². The number of sulfonamides is 1. The number of nitro benzene ring substituents is 1. The number of piperidine rings is 1. The second-order valence-electron chi connectivity index (χ2n) is 21.0.